The number of hydrogen-bond acceptors (Lipinski definition) is 4. The van der Waals surface area contributed by atoms with E-state index in [1.54, 1.807) is 25.1 Å². The lowest BCUT2D eigenvalue weighted by atomic mass is 9.94. The molecule has 27 heavy (non-hydrogen) atoms. The van der Waals surface area contributed by atoms with Crippen molar-refractivity contribution < 1.29 is 14.0 Å². The van der Waals surface area contributed by atoms with E-state index >= 15 is 0 Å². The van der Waals surface area contributed by atoms with E-state index in [9.17, 15) is 14.9 Å². The standard InChI is InChI=1S/C21H15BrN2O3/c1-3-10-24-20(25)16(13(2)17(12-23)21(24)26)11-14-8-9-19(27-14)15-6-4-5-7-18(15)22/h3-9,11H,1,10H2,2H3/b16-11-. The van der Waals surface area contributed by atoms with Gasteiger partial charge in [-0.1, -0.05) is 40.2 Å². The first-order valence-electron chi connectivity index (χ1n) is 8.12. The van der Waals surface area contributed by atoms with Gasteiger partial charge in [-0.25, -0.2) is 0 Å². The smallest absolute Gasteiger partial charge is 0.271 e. The van der Waals surface area contributed by atoms with Crippen molar-refractivity contribution in [1.82, 2.24) is 4.90 Å². The molecule has 0 spiro atoms. The van der Waals surface area contributed by atoms with Gasteiger partial charge in [-0.3, -0.25) is 14.5 Å². The Labute approximate surface area is 165 Å². The van der Waals surface area contributed by atoms with Crippen molar-refractivity contribution in [2.75, 3.05) is 6.54 Å². The third-order valence-corrected chi connectivity index (χ3v) is 4.88. The molecule has 0 aliphatic carbocycles. The number of imide groups is 1. The van der Waals surface area contributed by atoms with Gasteiger partial charge in [-0.15, -0.1) is 6.58 Å². The molecule has 1 aromatic carbocycles. The fourth-order valence-corrected chi connectivity index (χ4v) is 3.28. The highest BCUT2D eigenvalue weighted by molar-refractivity contribution is 9.10. The number of carbonyl (C=O) groups excluding carboxylic acids is 2. The minimum atomic E-state index is -0.606. The molecule has 2 heterocycles. The molecule has 0 saturated carbocycles. The largest absolute Gasteiger partial charge is 0.457 e. The number of benzene rings is 1. The van der Waals surface area contributed by atoms with E-state index in [-0.39, 0.29) is 17.7 Å². The molecule has 134 valence electrons. The summed E-state index contributed by atoms with van der Waals surface area (Å²) < 4.78 is 6.74. The van der Waals surface area contributed by atoms with Gasteiger partial charge < -0.3 is 4.42 Å². The summed E-state index contributed by atoms with van der Waals surface area (Å²) >= 11 is 3.48. The molecule has 5 nitrogen and oxygen atoms in total. The van der Waals surface area contributed by atoms with Crippen LogP contribution in [0.3, 0.4) is 0 Å². The molecule has 0 unspecified atom stereocenters. The Morgan fingerprint density at radius 3 is 2.63 bits per heavy atom. The quantitative estimate of drug-likeness (QED) is 0.413. The van der Waals surface area contributed by atoms with Gasteiger partial charge in [-0.2, -0.15) is 5.26 Å². The second-order valence-corrected chi connectivity index (χ2v) is 6.72. The average molecular weight is 423 g/mol. The molecular weight excluding hydrogens is 408 g/mol. The van der Waals surface area contributed by atoms with Crippen LogP contribution in [0, 0.1) is 11.3 Å². The van der Waals surface area contributed by atoms with E-state index in [2.05, 4.69) is 22.5 Å². The number of nitriles is 1. The van der Waals surface area contributed by atoms with Gasteiger partial charge in [0.1, 0.15) is 23.2 Å². The summed E-state index contributed by atoms with van der Waals surface area (Å²) in [4.78, 5) is 26.0. The molecule has 0 fully saturated rings. The van der Waals surface area contributed by atoms with Crippen molar-refractivity contribution in [3.05, 3.63) is 76.0 Å². The van der Waals surface area contributed by atoms with Crippen molar-refractivity contribution in [3.8, 4) is 17.4 Å². The summed E-state index contributed by atoms with van der Waals surface area (Å²) in [6.07, 6.45) is 3.00. The third-order valence-electron chi connectivity index (χ3n) is 4.19. The highest BCUT2D eigenvalue weighted by Crippen LogP contribution is 2.32. The predicted molar refractivity (Wildman–Crippen MR) is 105 cm³/mol. The first-order chi connectivity index (χ1) is 13.0. The highest BCUT2D eigenvalue weighted by atomic mass is 79.9. The predicted octanol–water partition coefficient (Wildman–Crippen LogP) is 4.49. The summed E-state index contributed by atoms with van der Waals surface area (Å²) in [6.45, 7) is 5.18. The normalized spacial score (nSPS) is 16.0. The Balaban J connectivity index is 2.06. The SMILES string of the molecule is C=CCN1C(=O)C(C#N)=C(C)/C(=C/c2ccc(-c3ccccc3Br)o2)C1=O. The van der Waals surface area contributed by atoms with E-state index < -0.39 is 11.8 Å². The zero-order valence-corrected chi connectivity index (χ0v) is 16.1. The van der Waals surface area contributed by atoms with Crippen LogP contribution in [0.25, 0.3) is 17.4 Å². The third kappa shape index (κ3) is 3.42. The zero-order chi connectivity index (χ0) is 19.6. The van der Waals surface area contributed by atoms with Crippen LogP contribution in [0.1, 0.15) is 12.7 Å². The van der Waals surface area contributed by atoms with Crippen LogP contribution >= 0.6 is 15.9 Å². The molecule has 1 aromatic heterocycles. The molecule has 1 aliphatic rings. The van der Waals surface area contributed by atoms with Crippen LogP contribution < -0.4 is 0 Å². The lowest BCUT2D eigenvalue weighted by molar-refractivity contribution is -0.139. The number of nitrogens with zero attached hydrogens (tertiary/aromatic N) is 2. The van der Waals surface area contributed by atoms with Gasteiger partial charge in [0, 0.05) is 22.2 Å². The lowest BCUT2D eigenvalue weighted by Crippen LogP contribution is -2.42. The van der Waals surface area contributed by atoms with Crippen molar-refractivity contribution in [2.24, 2.45) is 0 Å². The zero-order valence-electron chi connectivity index (χ0n) is 14.5. The van der Waals surface area contributed by atoms with Crippen LogP contribution in [0.2, 0.25) is 0 Å². The fourth-order valence-electron chi connectivity index (χ4n) is 2.80. The van der Waals surface area contributed by atoms with Crippen LogP contribution in [-0.2, 0) is 9.59 Å². The number of hydrogen-bond donors (Lipinski definition) is 0. The van der Waals surface area contributed by atoms with Gasteiger partial charge in [0.25, 0.3) is 11.8 Å². The van der Waals surface area contributed by atoms with E-state index in [0.29, 0.717) is 17.1 Å². The molecule has 0 N–H and O–H groups in total. The number of halogens is 1. The van der Waals surface area contributed by atoms with Gasteiger partial charge in [0.05, 0.1) is 0 Å². The van der Waals surface area contributed by atoms with Crippen LogP contribution in [0.5, 0.6) is 0 Å². The molecule has 0 saturated heterocycles. The van der Waals surface area contributed by atoms with Crippen molar-refractivity contribution in [2.45, 2.75) is 6.92 Å². The first kappa shape index (κ1) is 18.6. The van der Waals surface area contributed by atoms with Gasteiger partial charge >= 0.3 is 0 Å². The summed E-state index contributed by atoms with van der Waals surface area (Å²) in [5.74, 6) is 0.00744. The van der Waals surface area contributed by atoms with Crippen molar-refractivity contribution in [1.29, 1.82) is 5.26 Å². The number of amides is 2. The maximum atomic E-state index is 12.7. The number of rotatable bonds is 4. The summed E-state index contributed by atoms with van der Waals surface area (Å²) in [6, 6.07) is 13.1. The Bertz CT molecular complexity index is 1050. The lowest BCUT2D eigenvalue weighted by Gasteiger charge is -2.26. The topological polar surface area (TPSA) is 74.3 Å². The molecule has 2 amide bonds. The number of furan rings is 1. The van der Waals surface area contributed by atoms with E-state index in [1.165, 1.54) is 6.08 Å². The highest BCUT2D eigenvalue weighted by Gasteiger charge is 2.34. The van der Waals surface area contributed by atoms with Crippen LogP contribution in [0.4, 0.5) is 0 Å². The summed E-state index contributed by atoms with van der Waals surface area (Å²) in [7, 11) is 0. The van der Waals surface area contributed by atoms with Gasteiger partial charge in [0.15, 0.2) is 0 Å². The second kappa shape index (κ2) is 7.60. The first-order valence-corrected chi connectivity index (χ1v) is 8.92. The molecule has 0 bridgehead atoms. The number of carbonyl (C=O) groups is 2. The molecule has 6 heteroatoms. The Kier molecular flexibility index (Phi) is 5.24. The maximum absolute atomic E-state index is 12.7. The van der Waals surface area contributed by atoms with E-state index in [0.717, 1.165) is 14.9 Å². The van der Waals surface area contributed by atoms with Crippen LogP contribution in [0.15, 0.2) is 74.7 Å². The van der Waals surface area contributed by atoms with E-state index in [1.807, 2.05) is 30.3 Å². The van der Waals surface area contributed by atoms with E-state index in [4.69, 9.17) is 4.42 Å². The molecular formula is C21H15BrN2O3. The van der Waals surface area contributed by atoms with Crippen molar-refractivity contribution >= 4 is 33.8 Å². The molecule has 0 radical (unpaired) electrons. The van der Waals surface area contributed by atoms with Crippen LogP contribution in [-0.4, -0.2) is 23.3 Å². The summed E-state index contributed by atoms with van der Waals surface area (Å²) in [5, 5.41) is 9.32. The summed E-state index contributed by atoms with van der Waals surface area (Å²) in [5.41, 5.74) is 1.42. The Hall–Kier alpha value is -3.17. The second-order valence-electron chi connectivity index (χ2n) is 5.86. The Morgan fingerprint density at radius 2 is 1.96 bits per heavy atom. The van der Waals surface area contributed by atoms with Crippen molar-refractivity contribution in [3.63, 3.8) is 0 Å². The molecule has 3 rings (SSSR count). The minimum Gasteiger partial charge on any atom is -0.457 e. The molecule has 1 aliphatic heterocycles. The van der Waals surface area contributed by atoms with Gasteiger partial charge in [-0.05, 0) is 36.8 Å². The monoisotopic (exact) mass is 422 g/mol. The average Bonchev–Trinajstić information content (AvgIpc) is 3.11. The molecule has 0 atom stereocenters. The Morgan fingerprint density at radius 1 is 1.22 bits per heavy atom. The fraction of sp³-hybridized carbons (Fsp3) is 0.0952. The molecule has 2 aromatic rings. The van der Waals surface area contributed by atoms with Gasteiger partial charge in [0.2, 0.25) is 0 Å². The maximum Gasteiger partial charge on any atom is 0.271 e. The minimum absolute atomic E-state index is 0.0355.